The summed E-state index contributed by atoms with van der Waals surface area (Å²) in [6, 6.07) is 0. The highest BCUT2D eigenvalue weighted by Gasteiger charge is 2.53. The number of hydrogen-bond donors (Lipinski definition) is 2. The predicted octanol–water partition coefficient (Wildman–Crippen LogP) is 3.48. The second-order valence-corrected chi connectivity index (χ2v) is 8.25. The summed E-state index contributed by atoms with van der Waals surface area (Å²) in [4.78, 5) is 12.7. The molecule has 2 rings (SSSR count). The lowest BCUT2D eigenvalue weighted by Gasteiger charge is -2.34. The molecule has 7 nitrogen and oxygen atoms in total. The van der Waals surface area contributed by atoms with Gasteiger partial charge >= 0.3 is 13.1 Å². The molecule has 0 amide bonds. The van der Waals surface area contributed by atoms with Gasteiger partial charge in [-0.2, -0.15) is 0 Å². The van der Waals surface area contributed by atoms with Crippen LogP contribution >= 0.6 is 0 Å². The Kier molecular flexibility index (Phi) is 6.88. The molecule has 0 bridgehead atoms. The third-order valence-electron chi connectivity index (χ3n) is 5.76. The van der Waals surface area contributed by atoms with Crippen molar-refractivity contribution in [3.05, 3.63) is 23.7 Å². The minimum Gasteiger partial charge on any atom is -0.477 e. The molecule has 1 unspecified atom stereocenters. The van der Waals surface area contributed by atoms with Crippen LogP contribution in [0.2, 0.25) is 0 Å². The highest BCUT2D eigenvalue weighted by molar-refractivity contribution is 6.54. The maximum Gasteiger partial charge on any atom is 0.490 e. The second-order valence-electron chi connectivity index (χ2n) is 8.25. The number of ether oxygens (including phenoxy) is 2. The zero-order valence-corrected chi connectivity index (χ0v) is 17.5. The Morgan fingerprint density at radius 3 is 2.39 bits per heavy atom. The van der Waals surface area contributed by atoms with Gasteiger partial charge in [-0.1, -0.05) is 6.08 Å². The second kappa shape index (κ2) is 8.61. The molecular formula is C20H31BN2O5. The fourth-order valence-corrected chi connectivity index (χ4v) is 3.18. The molecular weight excluding hydrogens is 359 g/mol. The minimum atomic E-state index is -0.839. The maximum atomic E-state index is 12.7. The number of rotatable bonds is 7. The average Bonchev–Trinajstić information content (AvgIpc) is 2.86. The van der Waals surface area contributed by atoms with E-state index in [-0.39, 0.29) is 18.5 Å². The first kappa shape index (κ1) is 22.4. The molecule has 0 radical (unpaired) electrons. The van der Waals surface area contributed by atoms with Gasteiger partial charge in [0.25, 0.3) is 0 Å². The van der Waals surface area contributed by atoms with Crippen LogP contribution < -0.4 is 0 Å². The summed E-state index contributed by atoms with van der Waals surface area (Å²) in [7, 11) is -0.417. The van der Waals surface area contributed by atoms with Crippen molar-refractivity contribution in [3.63, 3.8) is 0 Å². The average molecular weight is 390 g/mol. The van der Waals surface area contributed by atoms with Crippen molar-refractivity contribution in [3.8, 4) is 0 Å². The van der Waals surface area contributed by atoms with Crippen LogP contribution in [0.1, 0.15) is 53.9 Å². The lowest BCUT2D eigenvalue weighted by Crippen LogP contribution is -2.41. The van der Waals surface area contributed by atoms with Crippen LogP contribution in [0.25, 0.3) is 0 Å². The molecule has 0 aromatic rings. The Morgan fingerprint density at radius 1 is 1.25 bits per heavy atom. The SMILES string of the molecule is CCOC(=O)C1(COC(=N)/C=C\C=N)CC=C(B2OC(C)(C)C(C)(C)O2)CC1. The van der Waals surface area contributed by atoms with Gasteiger partial charge in [-0.05, 0) is 65.4 Å². The van der Waals surface area contributed by atoms with Gasteiger partial charge < -0.3 is 24.2 Å². The first-order valence-electron chi connectivity index (χ1n) is 9.67. The molecule has 2 N–H and O–H groups in total. The standard InChI is InChI=1S/C20H31BN2O5/c1-6-25-17(24)20(14-26-16(23)8-7-13-22)11-9-15(10-12-20)21-27-18(2,3)19(4,5)28-21/h7-9,13,22-23H,6,10-12,14H2,1-5H3/b8-7-,22-13?,23-16?. The molecule has 0 aromatic carbocycles. The highest BCUT2D eigenvalue weighted by Crippen LogP contribution is 2.43. The molecule has 0 aromatic heterocycles. The monoisotopic (exact) mass is 390 g/mol. The fourth-order valence-electron chi connectivity index (χ4n) is 3.18. The first-order valence-corrected chi connectivity index (χ1v) is 9.67. The van der Waals surface area contributed by atoms with E-state index >= 15 is 0 Å². The van der Waals surface area contributed by atoms with Crippen molar-refractivity contribution >= 4 is 25.2 Å². The summed E-state index contributed by atoms with van der Waals surface area (Å²) in [6.45, 7) is 10.2. The molecule has 1 fully saturated rings. The van der Waals surface area contributed by atoms with Crippen LogP contribution in [0.4, 0.5) is 0 Å². The molecule has 1 atom stereocenters. The first-order chi connectivity index (χ1) is 13.1. The smallest absolute Gasteiger partial charge is 0.477 e. The third kappa shape index (κ3) is 4.73. The van der Waals surface area contributed by atoms with E-state index in [1.807, 2.05) is 33.8 Å². The van der Waals surface area contributed by atoms with Gasteiger partial charge in [-0.3, -0.25) is 10.2 Å². The van der Waals surface area contributed by atoms with Crippen LogP contribution in [0.5, 0.6) is 0 Å². The number of allylic oxidation sites excluding steroid dienone is 3. The van der Waals surface area contributed by atoms with Gasteiger partial charge in [0.05, 0.1) is 17.8 Å². The third-order valence-corrected chi connectivity index (χ3v) is 5.76. The summed E-state index contributed by atoms with van der Waals surface area (Å²) in [5.74, 6) is -0.407. The van der Waals surface area contributed by atoms with Crippen molar-refractivity contribution in [2.45, 2.75) is 65.1 Å². The minimum absolute atomic E-state index is 0.0557. The van der Waals surface area contributed by atoms with Crippen LogP contribution in [-0.2, 0) is 23.6 Å². The summed E-state index contributed by atoms with van der Waals surface area (Å²) >= 11 is 0. The van der Waals surface area contributed by atoms with Crippen LogP contribution in [0.15, 0.2) is 23.7 Å². The van der Waals surface area contributed by atoms with Crippen molar-refractivity contribution in [2.24, 2.45) is 5.41 Å². The molecule has 28 heavy (non-hydrogen) atoms. The van der Waals surface area contributed by atoms with E-state index in [1.165, 1.54) is 12.2 Å². The van der Waals surface area contributed by atoms with Crippen molar-refractivity contribution in [1.82, 2.24) is 0 Å². The van der Waals surface area contributed by atoms with Gasteiger partial charge in [0.15, 0.2) is 0 Å². The predicted molar refractivity (Wildman–Crippen MR) is 109 cm³/mol. The topological polar surface area (TPSA) is 102 Å². The number of nitrogens with one attached hydrogen (secondary N) is 2. The van der Waals surface area contributed by atoms with E-state index in [2.05, 4.69) is 0 Å². The summed E-state index contributed by atoms with van der Waals surface area (Å²) in [6.07, 6.45) is 7.43. The number of hydrogen-bond acceptors (Lipinski definition) is 7. The van der Waals surface area contributed by atoms with E-state index in [9.17, 15) is 4.79 Å². The summed E-state index contributed by atoms with van der Waals surface area (Å²) in [5.41, 5.74) is -0.632. The molecule has 2 aliphatic rings. The van der Waals surface area contributed by atoms with E-state index < -0.39 is 23.7 Å². The quantitative estimate of drug-likeness (QED) is 0.300. The molecule has 1 aliphatic heterocycles. The van der Waals surface area contributed by atoms with Crippen LogP contribution in [0, 0.1) is 16.2 Å². The normalized spacial score (nSPS) is 26.0. The Labute approximate surface area is 167 Å². The van der Waals surface area contributed by atoms with Crippen LogP contribution in [-0.4, -0.2) is 49.6 Å². The summed E-state index contributed by atoms with van der Waals surface area (Å²) < 4.78 is 23.0. The van der Waals surface area contributed by atoms with E-state index in [0.29, 0.717) is 25.9 Å². The van der Waals surface area contributed by atoms with Crippen molar-refractivity contribution in [1.29, 1.82) is 10.8 Å². The van der Waals surface area contributed by atoms with Crippen molar-refractivity contribution < 1.29 is 23.6 Å². The molecule has 8 heteroatoms. The highest BCUT2D eigenvalue weighted by atomic mass is 16.7. The van der Waals surface area contributed by atoms with Gasteiger partial charge in [-0.25, -0.2) is 0 Å². The fraction of sp³-hybridized carbons (Fsp3) is 0.650. The maximum absolute atomic E-state index is 12.7. The van der Waals surface area contributed by atoms with Crippen molar-refractivity contribution in [2.75, 3.05) is 13.2 Å². The molecule has 0 spiro atoms. The Balaban J connectivity index is 2.13. The van der Waals surface area contributed by atoms with Gasteiger partial charge in [0.1, 0.15) is 12.0 Å². The number of carbonyl (C=O) groups is 1. The Hall–Kier alpha value is -1.93. The molecule has 1 saturated heterocycles. The lowest BCUT2D eigenvalue weighted by atomic mass is 9.66. The number of carbonyl (C=O) groups excluding carboxylic acids is 1. The van der Waals surface area contributed by atoms with Gasteiger partial charge in [0, 0.05) is 12.3 Å². The summed E-state index contributed by atoms with van der Waals surface area (Å²) in [5, 5.41) is 14.8. The zero-order valence-electron chi connectivity index (χ0n) is 17.5. The molecule has 1 aliphatic carbocycles. The molecule has 154 valence electrons. The van der Waals surface area contributed by atoms with Crippen LogP contribution in [0.3, 0.4) is 0 Å². The van der Waals surface area contributed by atoms with E-state index in [1.54, 1.807) is 6.92 Å². The molecule has 0 saturated carbocycles. The zero-order chi connectivity index (χ0) is 21.0. The van der Waals surface area contributed by atoms with E-state index in [0.717, 1.165) is 11.7 Å². The van der Waals surface area contributed by atoms with E-state index in [4.69, 9.17) is 29.6 Å². The Bertz CT molecular complexity index is 670. The number of esters is 1. The lowest BCUT2D eigenvalue weighted by molar-refractivity contribution is -0.158. The Morgan fingerprint density at radius 2 is 1.89 bits per heavy atom. The largest absolute Gasteiger partial charge is 0.490 e. The van der Waals surface area contributed by atoms with Gasteiger partial charge in [0.2, 0.25) is 5.90 Å². The van der Waals surface area contributed by atoms with Gasteiger partial charge in [-0.15, -0.1) is 0 Å². The molecule has 1 heterocycles.